The molecule has 1 aliphatic rings. The van der Waals surface area contributed by atoms with Crippen LogP contribution in [0, 0.1) is 0 Å². The molecule has 5 nitrogen and oxygen atoms in total. The summed E-state index contributed by atoms with van der Waals surface area (Å²) in [4.78, 5) is 25.2. The van der Waals surface area contributed by atoms with Crippen molar-refractivity contribution in [1.29, 1.82) is 0 Å². The Balaban J connectivity index is 0.00000242. The number of carbonyl (C=O) groups excluding carboxylic acids is 2. The Morgan fingerprint density at radius 1 is 1.36 bits per heavy atom. The van der Waals surface area contributed by atoms with Gasteiger partial charge in [-0.1, -0.05) is 30.3 Å². The SMILES string of the molecule is Cl.O=C(CC1NCCN(CCF)C1=O)OCc1ccccc1. The summed E-state index contributed by atoms with van der Waals surface area (Å²) in [5.74, 6) is -0.678. The Bertz CT molecular complexity index is 485. The van der Waals surface area contributed by atoms with Gasteiger partial charge in [0.2, 0.25) is 5.91 Å². The number of benzene rings is 1. The lowest BCUT2D eigenvalue weighted by Gasteiger charge is -2.32. The first-order chi connectivity index (χ1) is 10.2. The number of hydrogen-bond acceptors (Lipinski definition) is 4. The van der Waals surface area contributed by atoms with Gasteiger partial charge < -0.3 is 15.0 Å². The fourth-order valence-electron chi connectivity index (χ4n) is 2.24. The maximum atomic E-state index is 12.3. The summed E-state index contributed by atoms with van der Waals surface area (Å²) in [6.45, 7) is 0.725. The lowest BCUT2D eigenvalue weighted by atomic mass is 10.1. The Morgan fingerprint density at radius 3 is 2.77 bits per heavy atom. The molecule has 1 N–H and O–H groups in total. The van der Waals surface area contributed by atoms with Crippen LogP contribution in [0.25, 0.3) is 0 Å². The van der Waals surface area contributed by atoms with Crippen molar-refractivity contribution in [3.05, 3.63) is 35.9 Å². The molecule has 0 aliphatic carbocycles. The number of alkyl halides is 1. The van der Waals surface area contributed by atoms with Crippen molar-refractivity contribution >= 4 is 24.3 Å². The molecule has 0 saturated carbocycles. The van der Waals surface area contributed by atoms with Gasteiger partial charge in [-0.25, -0.2) is 4.39 Å². The smallest absolute Gasteiger partial charge is 0.308 e. The van der Waals surface area contributed by atoms with Gasteiger partial charge in [0.05, 0.1) is 12.5 Å². The zero-order chi connectivity index (χ0) is 15.1. The van der Waals surface area contributed by atoms with Gasteiger partial charge in [0.1, 0.15) is 13.3 Å². The number of rotatable bonds is 6. The molecular formula is C15H20ClFN2O3. The summed E-state index contributed by atoms with van der Waals surface area (Å²) >= 11 is 0. The van der Waals surface area contributed by atoms with Crippen molar-refractivity contribution in [2.24, 2.45) is 0 Å². The van der Waals surface area contributed by atoms with Crippen LogP contribution in [0.2, 0.25) is 0 Å². The largest absolute Gasteiger partial charge is 0.461 e. The van der Waals surface area contributed by atoms with Gasteiger partial charge in [-0.05, 0) is 5.56 Å². The average Bonchev–Trinajstić information content (AvgIpc) is 2.50. The molecule has 7 heteroatoms. The van der Waals surface area contributed by atoms with Crippen LogP contribution in [0.4, 0.5) is 4.39 Å². The Kier molecular flexibility index (Phi) is 7.84. The molecular weight excluding hydrogens is 311 g/mol. The van der Waals surface area contributed by atoms with Gasteiger partial charge >= 0.3 is 5.97 Å². The monoisotopic (exact) mass is 330 g/mol. The first kappa shape index (κ1) is 18.4. The number of nitrogens with one attached hydrogen (secondary N) is 1. The Labute approximate surface area is 135 Å². The van der Waals surface area contributed by atoms with E-state index in [1.807, 2.05) is 30.3 Å². The quantitative estimate of drug-likeness (QED) is 0.799. The lowest BCUT2D eigenvalue weighted by Crippen LogP contribution is -2.56. The molecule has 1 heterocycles. The summed E-state index contributed by atoms with van der Waals surface area (Å²) in [6, 6.07) is 8.72. The number of ether oxygens (including phenoxy) is 1. The van der Waals surface area contributed by atoms with E-state index in [1.54, 1.807) is 0 Å². The van der Waals surface area contributed by atoms with Crippen molar-refractivity contribution in [2.45, 2.75) is 19.1 Å². The normalized spacial score (nSPS) is 17.8. The van der Waals surface area contributed by atoms with E-state index in [2.05, 4.69) is 5.32 Å². The first-order valence-electron chi connectivity index (χ1n) is 6.98. The van der Waals surface area contributed by atoms with Gasteiger partial charge in [0.15, 0.2) is 0 Å². The van der Waals surface area contributed by atoms with Crippen LogP contribution in [0.15, 0.2) is 30.3 Å². The van der Waals surface area contributed by atoms with E-state index in [1.165, 1.54) is 4.90 Å². The van der Waals surface area contributed by atoms with E-state index in [9.17, 15) is 14.0 Å². The van der Waals surface area contributed by atoms with E-state index in [0.717, 1.165) is 5.56 Å². The number of piperazine rings is 1. The molecule has 1 atom stereocenters. The van der Waals surface area contributed by atoms with E-state index in [0.29, 0.717) is 13.1 Å². The second-order valence-electron chi connectivity index (χ2n) is 4.87. The highest BCUT2D eigenvalue weighted by atomic mass is 35.5. The van der Waals surface area contributed by atoms with Crippen molar-refractivity contribution in [3.8, 4) is 0 Å². The third-order valence-electron chi connectivity index (χ3n) is 3.35. The number of esters is 1. The molecule has 1 aromatic rings. The van der Waals surface area contributed by atoms with E-state index in [4.69, 9.17) is 4.74 Å². The van der Waals surface area contributed by atoms with Crippen molar-refractivity contribution in [1.82, 2.24) is 10.2 Å². The van der Waals surface area contributed by atoms with Gasteiger partial charge in [-0.3, -0.25) is 9.59 Å². The summed E-state index contributed by atoms with van der Waals surface area (Å²) in [7, 11) is 0. The van der Waals surface area contributed by atoms with E-state index >= 15 is 0 Å². The molecule has 122 valence electrons. The van der Waals surface area contributed by atoms with E-state index in [-0.39, 0.29) is 37.9 Å². The van der Waals surface area contributed by atoms with Crippen LogP contribution >= 0.6 is 12.4 Å². The van der Waals surface area contributed by atoms with Gasteiger partial charge in [-0.15, -0.1) is 12.4 Å². The zero-order valence-electron chi connectivity index (χ0n) is 12.2. The highest BCUT2D eigenvalue weighted by molar-refractivity contribution is 5.87. The van der Waals surface area contributed by atoms with Gasteiger partial charge in [0.25, 0.3) is 0 Å². The standard InChI is InChI=1S/C15H19FN2O3.ClH/c16-6-8-18-9-7-17-13(15(18)20)10-14(19)21-11-12-4-2-1-3-5-12;/h1-5,13,17H,6-11H2;1H. The van der Waals surface area contributed by atoms with Crippen molar-refractivity contribution in [2.75, 3.05) is 26.3 Å². The number of nitrogens with zero attached hydrogens (tertiary/aromatic N) is 1. The summed E-state index contributed by atoms with van der Waals surface area (Å²) in [5, 5.41) is 2.97. The van der Waals surface area contributed by atoms with Crippen LogP contribution < -0.4 is 5.32 Å². The van der Waals surface area contributed by atoms with Crippen LogP contribution in [-0.2, 0) is 20.9 Å². The minimum atomic E-state index is -0.617. The molecule has 2 rings (SSSR count). The lowest BCUT2D eigenvalue weighted by molar-refractivity contribution is -0.149. The van der Waals surface area contributed by atoms with Gasteiger partial charge in [0, 0.05) is 19.6 Å². The predicted octanol–water partition coefficient (Wildman–Crippen LogP) is 1.31. The fourth-order valence-corrected chi connectivity index (χ4v) is 2.24. The van der Waals surface area contributed by atoms with Crippen LogP contribution in [0.3, 0.4) is 0 Å². The van der Waals surface area contributed by atoms with Crippen LogP contribution in [-0.4, -0.2) is 49.1 Å². The number of carbonyl (C=O) groups is 2. The summed E-state index contributed by atoms with van der Waals surface area (Å²) in [5.41, 5.74) is 0.896. The van der Waals surface area contributed by atoms with Gasteiger partial charge in [-0.2, -0.15) is 0 Å². The summed E-state index contributed by atoms with van der Waals surface area (Å²) < 4.78 is 17.5. The molecule has 22 heavy (non-hydrogen) atoms. The maximum Gasteiger partial charge on any atom is 0.308 e. The molecule has 1 aliphatic heterocycles. The van der Waals surface area contributed by atoms with Crippen LogP contribution in [0.1, 0.15) is 12.0 Å². The first-order valence-corrected chi connectivity index (χ1v) is 6.98. The predicted molar refractivity (Wildman–Crippen MR) is 82.4 cm³/mol. The molecule has 0 bridgehead atoms. The number of hydrogen-bond donors (Lipinski definition) is 1. The molecule has 0 aromatic heterocycles. The van der Waals surface area contributed by atoms with E-state index < -0.39 is 18.7 Å². The highest BCUT2D eigenvalue weighted by Gasteiger charge is 2.30. The minimum absolute atomic E-state index is 0. The number of halogens is 2. The molecule has 1 saturated heterocycles. The minimum Gasteiger partial charge on any atom is -0.461 e. The molecule has 1 fully saturated rings. The average molecular weight is 331 g/mol. The fraction of sp³-hybridized carbons (Fsp3) is 0.467. The second-order valence-corrected chi connectivity index (χ2v) is 4.87. The Hall–Kier alpha value is -1.66. The zero-order valence-corrected chi connectivity index (χ0v) is 13.0. The maximum absolute atomic E-state index is 12.3. The molecule has 0 spiro atoms. The molecule has 1 amide bonds. The van der Waals surface area contributed by atoms with Crippen molar-refractivity contribution < 1.29 is 18.7 Å². The van der Waals surface area contributed by atoms with Crippen molar-refractivity contribution in [3.63, 3.8) is 0 Å². The highest BCUT2D eigenvalue weighted by Crippen LogP contribution is 2.08. The van der Waals surface area contributed by atoms with Crippen LogP contribution in [0.5, 0.6) is 0 Å². The Morgan fingerprint density at radius 2 is 2.09 bits per heavy atom. The number of amides is 1. The molecule has 1 aromatic carbocycles. The topological polar surface area (TPSA) is 58.6 Å². The third kappa shape index (κ3) is 5.27. The third-order valence-corrected chi connectivity index (χ3v) is 3.35. The summed E-state index contributed by atoms with van der Waals surface area (Å²) in [6.07, 6.45) is -0.0333. The second kappa shape index (κ2) is 9.38. The molecule has 0 radical (unpaired) electrons. The molecule has 1 unspecified atom stereocenters.